The SMILES string of the molecule is Nc1nc2cc(Br)ccc2n1C1CCCOC1. The van der Waals surface area contributed by atoms with E-state index in [2.05, 4.69) is 31.5 Å². The van der Waals surface area contributed by atoms with E-state index in [0.29, 0.717) is 12.0 Å². The van der Waals surface area contributed by atoms with Gasteiger partial charge < -0.3 is 15.0 Å². The van der Waals surface area contributed by atoms with Gasteiger partial charge in [0.15, 0.2) is 0 Å². The number of nitrogens with zero attached hydrogens (tertiary/aromatic N) is 2. The second kappa shape index (κ2) is 4.31. The summed E-state index contributed by atoms with van der Waals surface area (Å²) in [4.78, 5) is 4.40. The van der Waals surface area contributed by atoms with Crippen LogP contribution >= 0.6 is 15.9 Å². The number of hydrogen-bond acceptors (Lipinski definition) is 3. The number of rotatable bonds is 1. The zero-order valence-corrected chi connectivity index (χ0v) is 11.0. The molecular weight excluding hydrogens is 282 g/mol. The lowest BCUT2D eigenvalue weighted by Gasteiger charge is -2.24. The van der Waals surface area contributed by atoms with Gasteiger partial charge in [-0.05, 0) is 31.0 Å². The summed E-state index contributed by atoms with van der Waals surface area (Å²) in [7, 11) is 0. The van der Waals surface area contributed by atoms with E-state index in [9.17, 15) is 0 Å². The van der Waals surface area contributed by atoms with Crippen molar-refractivity contribution < 1.29 is 4.74 Å². The van der Waals surface area contributed by atoms with Crippen molar-refractivity contribution in [3.8, 4) is 0 Å². The van der Waals surface area contributed by atoms with Gasteiger partial charge in [0, 0.05) is 11.1 Å². The number of nitrogens with two attached hydrogens (primary N) is 1. The number of ether oxygens (including phenoxy) is 1. The van der Waals surface area contributed by atoms with Gasteiger partial charge >= 0.3 is 0 Å². The number of fused-ring (bicyclic) bond motifs is 1. The van der Waals surface area contributed by atoms with Gasteiger partial charge in [0.2, 0.25) is 5.95 Å². The van der Waals surface area contributed by atoms with Crippen molar-refractivity contribution in [3.05, 3.63) is 22.7 Å². The minimum atomic E-state index is 0.315. The molecule has 1 aliphatic rings. The quantitative estimate of drug-likeness (QED) is 0.880. The number of anilines is 1. The summed E-state index contributed by atoms with van der Waals surface area (Å²) in [6.45, 7) is 1.58. The number of hydrogen-bond donors (Lipinski definition) is 1. The van der Waals surface area contributed by atoms with Gasteiger partial charge in [-0.25, -0.2) is 4.98 Å². The Balaban J connectivity index is 2.11. The predicted octanol–water partition coefficient (Wildman–Crippen LogP) is 2.73. The lowest BCUT2D eigenvalue weighted by atomic mass is 10.1. The molecule has 5 heteroatoms. The van der Waals surface area contributed by atoms with Crippen molar-refractivity contribution in [1.29, 1.82) is 0 Å². The van der Waals surface area contributed by atoms with Crippen LogP contribution in [0.15, 0.2) is 22.7 Å². The molecule has 90 valence electrons. The lowest BCUT2D eigenvalue weighted by Crippen LogP contribution is -2.22. The molecule has 1 aromatic carbocycles. The average Bonchev–Trinajstić information content (AvgIpc) is 2.65. The first-order chi connectivity index (χ1) is 8.25. The van der Waals surface area contributed by atoms with Crippen molar-refractivity contribution in [2.75, 3.05) is 18.9 Å². The summed E-state index contributed by atoms with van der Waals surface area (Å²) in [6.07, 6.45) is 2.19. The topological polar surface area (TPSA) is 53.1 Å². The Morgan fingerprint density at radius 2 is 2.35 bits per heavy atom. The molecule has 1 aliphatic heterocycles. The molecule has 2 N–H and O–H groups in total. The van der Waals surface area contributed by atoms with Crippen LogP contribution in [0, 0.1) is 0 Å². The Bertz CT molecular complexity index is 546. The van der Waals surface area contributed by atoms with E-state index in [4.69, 9.17) is 10.5 Å². The van der Waals surface area contributed by atoms with Crippen LogP contribution in [0.1, 0.15) is 18.9 Å². The molecule has 3 rings (SSSR count). The largest absolute Gasteiger partial charge is 0.379 e. The Morgan fingerprint density at radius 1 is 1.47 bits per heavy atom. The smallest absolute Gasteiger partial charge is 0.201 e. The standard InChI is InChI=1S/C12H14BrN3O/c13-8-3-4-11-10(6-8)15-12(14)16(11)9-2-1-5-17-7-9/h3-4,6,9H,1-2,5,7H2,(H2,14,15). The summed E-state index contributed by atoms with van der Waals surface area (Å²) >= 11 is 3.45. The molecule has 0 radical (unpaired) electrons. The van der Waals surface area contributed by atoms with Crippen molar-refractivity contribution in [2.24, 2.45) is 0 Å². The molecule has 1 unspecified atom stereocenters. The second-order valence-corrected chi connectivity index (χ2v) is 5.26. The Hall–Kier alpha value is -1.07. The molecule has 17 heavy (non-hydrogen) atoms. The van der Waals surface area contributed by atoms with E-state index in [-0.39, 0.29) is 0 Å². The molecule has 1 saturated heterocycles. The maximum absolute atomic E-state index is 6.02. The molecule has 0 spiro atoms. The maximum atomic E-state index is 6.02. The molecule has 2 aromatic rings. The van der Waals surface area contributed by atoms with Crippen molar-refractivity contribution >= 4 is 32.9 Å². The van der Waals surface area contributed by atoms with Crippen molar-refractivity contribution in [3.63, 3.8) is 0 Å². The first-order valence-electron chi connectivity index (χ1n) is 5.76. The maximum Gasteiger partial charge on any atom is 0.201 e. The highest BCUT2D eigenvalue weighted by Gasteiger charge is 2.20. The van der Waals surface area contributed by atoms with Gasteiger partial charge in [-0.3, -0.25) is 0 Å². The molecule has 1 atom stereocenters. The summed E-state index contributed by atoms with van der Waals surface area (Å²) in [5, 5.41) is 0. The van der Waals surface area contributed by atoms with Crippen molar-refractivity contribution in [2.45, 2.75) is 18.9 Å². The van der Waals surface area contributed by atoms with Crippen LogP contribution in [0.4, 0.5) is 5.95 Å². The first-order valence-corrected chi connectivity index (χ1v) is 6.56. The number of halogens is 1. The molecule has 1 fully saturated rings. The fourth-order valence-electron chi connectivity index (χ4n) is 2.40. The highest BCUT2D eigenvalue weighted by molar-refractivity contribution is 9.10. The molecule has 2 heterocycles. The van der Waals surface area contributed by atoms with Crippen LogP contribution < -0.4 is 5.73 Å². The Morgan fingerprint density at radius 3 is 3.12 bits per heavy atom. The molecule has 0 aliphatic carbocycles. The van der Waals surface area contributed by atoms with Gasteiger partial charge in [-0.2, -0.15) is 0 Å². The van der Waals surface area contributed by atoms with Crippen molar-refractivity contribution in [1.82, 2.24) is 9.55 Å². The normalized spacial score (nSPS) is 20.9. The fraction of sp³-hybridized carbons (Fsp3) is 0.417. The van der Waals surface area contributed by atoms with Crippen LogP contribution in [-0.2, 0) is 4.74 Å². The van der Waals surface area contributed by atoms with E-state index in [1.807, 2.05) is 12.1 Å². The number of aromatic nitrogens is 2. The van der Waals surface area contributed by atoms with Gasteiger partial charge in [0.25, 0.3) is 0 Å². The second-order valence-electron chi connectivity index (χ2n) is 4.34. The van der Waals surface area contributed by atoms with Gasteiger partial charge in [0.1, 0.15) is 0 Å². The minimum absolute atomic E-state index is 0.315. The molecule has 0 bridgehead atoms. The number of benzene rings is 1. The molecular formula is C12H14BrN3O. The Labute approximate surface area is 108 Å². The summed E-state index contributed by atoms with van der Waals surface area (Å²) in [5.74, 6) is 0.577. The van der Waals surface area contributed by atoms with Crippen LogP contribution in [0.25, 0.3) is 11.0 Å². The van der Waals surface area contributed by atoms with E-state index in [0.717, 1.165) is 41.6 Å². The fourth-order valence-corrected chi connectivity index (χ4v) is 2.75. The van der Waals surface area contributed by atoms with E-state index in [1.54, 1.807) is 0 Å². The van der Waals surface area contributed by atoms with E-state index in [1.165, 1.54) is 0 Å². The van der Waals surface area contributed by atoms with Gasteiger partial charge in [0.05, 0.1) is 23.7 Å². The lowest BCUT2D eigenvalue weighted by molar-refractivity contribution is 0.0611. The molecule has 0 amide bonds. The third-order valence-corrected chi connectivity index (χ3v) is 3.67. The minimum Gasteiger partial charge on any atom is -0.379 e. The molecule has 4 nitrogen and oxygen atoms in total. The zero-order valence-electron chi connectivity index (χ0n) is 9.40. The highest BCUT2D eigenvalue weighted by Crippen LogP contribution is 2.29. The average molecular weight is 296 g/mol. The van der Waals surface area contributed by atoms with Gasteiger partial charge in [-0.1, -0.05) is 15.9 Å². The monoisotopic (exact) mass is 295 g/mol. The summed E-state index contributed by atoms with van der Waals surface area (Å²) in [5.41, 5.74) is 8.03. The first kappa shape index (κ1) is 11.0. The third-order valence-electron chi connectivity index (χ3n) is 3.18. The molecule has 0 saturated carbocycles. The molecule has 1 aromatic heterocycles. The number of imidazole rings is 1. The summed E-state index contributed by atoms with van der Waals surface area (Å²) < 4.78 is 8.64. The van der Waals surface area contributed by atoms with Crippen LogP contribution in [0.2, 0.25) is 0 Å². The Kier molecular flexibility index (Phi) is 2.80. The van der Waals surface area contributed by atoms with Crippen LogP contribution in [-0.4, -0.2) is 22.8 Å². The highest BCUT2D eigenvalue weighted by atomic mass is 79.9. The van der Waals surface area contributed by atoms with Crippen LogP contribution in [0.5, 0.6) is 0 Å². The van der Waals surface area contributed by atoms with Gasteiger partial charge in [-0.15, -0.1) is 0 Å². The van der Waals surface area contributed by atoms with Crippen LogP contribution in [0.3, 0.4) is 0 Å². The van der Waals surface area contributed by atoms with E-state index >= 15 is 0 Å². The zero-order chi connectivity index (χ0) is 11.8. The predicted molar refractivity (Wildman–Crippen MR) is 70.9 cm³/mol. The number of nitrogen functional groups attached to an aromatic ring is 1. The van der Waals surface area contributed by atoms with E-state index < -0.39 is 0 Å². The summed E-state index contributed by atoms with van der Waals surface area (Å²) in [6, 6.07) is 6.38. The third kappa shape index (κ3) is 1.93.